The molecule has 1 aromatic heterocycles. The van der Waals surface area contributed by atoms with E-state index in [4.69, 9.17) is 0 Å². The number of nitrogens with one attached hydrogen (secondary N) is 4. The fourth-order valence-electron chi connectivity index (χ4n) is 8.61. The van der Waals surface area contributed by atoms with E-state index >= 15 is 0 Å². The first-order valence-corrected chi connectivity index (χ1v) is 22.2. The summed E-state index contributed by atoms with van der Waals surface area (Å²) >= 11 is 0. The molecule has 7 amide bonds. The normalized spacial score (nSPS) is 16.3. The molecule has 2 saturated heterocycles. The Morgan fingerprint density at radius 2 is 1.45 bits per heavy atom. The molecule has 16 nitrogen and oxygen atoms in total. The number of amides is 7. The van der Waals surface area contributed by atoms with Crippen molar-refractivity contribution in [3.05, 3.63) is 105 Å². The number of rotatable bonds is 19. The van der Waals surface area contributed by atoms with E-state index in [0.717, 1.165) is 62.7 Å². The number of hydrogen-bond donors (Lipinski definition) is 4. The third-order valence-corrected chi connectivity index (χ3v) is 12.1. The SMILES string of the molecule is O=C1CCC(N2C(=O)c3cccc(NC(=O)CNCCCCCCCCCCCC(=O)N4CCN(C(=O)c5cc(Cc6n[nH]c(=O)c7ccccc67)ccc5F)CC4)c3C2=O)C(=O)N1. The highest BCUT2D eigenvalue weighted by Crippen LogP contribution is 2.32. The molecule has 7 rings (SSSR count). The first kappa shape index (κ1) is 45.4. The molecule has 0 radical (unpaired) electrons. The third-order valence-electron chi connectivity index (χ3n) is 12.1. The molecule has 336 valence electrons. The Balaban J connectivity index is 0.715. The van der Waals surface area contributed by atoms with E-state index in [9.17, 15) is 42.7 Å². The minimum Gasteiger partial charge on any atom is -0.339 e. The van der Waals surface area contributed by atoms with Crippen molar-refractivity contribution in [3.8, 4) is 0 Å². The summed E-state index contributed by atoms with van der Waals surface area (Å²) < 4.78 is 14.9. The summed E-state index contributed by atoms with van der Waals surface area (Å²) in [5.74, 6) is -3.79. The highest BCUT2D eigenvalue weighted by atomic mass is 19.1. The van der Waals surface area contributed by atoms with Crippen LogP contribution < -0.4 is 21.5 Å². The van der Waals surface area contributed by atoms with Crippen LogP contribution in [0.15, 0.2) is 65.5 Å². The van der Waals surface area contributed by atoms with Crippen molar-refractivity contribution in [2.24, 2.45) is 0 Å². The Hall–Kier alpha value is -6.62. The molecule has 4 aromatic rings. The molecule has 17 heteroatoms. The molecule has 4 N–H and O–H groups in total. The van der Waals surface area contributed by atoms with Gasteiger partial charge >= 0.3 is 0 Å². The predicted octanol–water partition coefficient (Wildman–Crippen LogP) is 4.47. The number of carbonyl (C=O) groups is 7. The maximum absolute atomic E-state index is 14.9. The lowest BCUT2D eigenvalue weighted by Gasteiger charge is -2.35. The molecule has 0 aliphatic carbocycles. The number of fused-ring (bicyclic) bond motifs is 2. The molecule has 0 bridgehead atoms. The Kier molecular flexibility index (Phi) is 15.0. The maximum Gasteiger partial charge on any atom is 0.272 e. The van der Waals surface area contributed by atoms with Crippen LogP contribution in [0.4, 0.5) is 10.1 Å². The summed E-state index contributed by atoms with van der Waals surface area (Å²) in [6, 6.07) is 15.1. The van der Waals surface area contributed by atoms with E-state index in [1.165, 1.54) is 18.2 Å². The van der Waals surface area contributed by atoms with E-state index in [1.807, 2.05) is 12.1 Å². The molecular formula is C47H53FN8O8. The zero-order valence-electron chi connectivity index (χ0n) is 35.7. The standard InChI is InChI=1S/C47H53FN8O8/c48-35-19-18-30(28-37-31-13-9-10-14-32(31)43(60)53-52-37)27-34(35)45(62)55-25-23-54(24-26-55)41(59)17-8-6-4-2-1-3-5-7-11-22-49-29-40(58)50-36-16-12-15-33-42(36)47(64)56(46(33)63)38-20-21-39(57)51-44(38)61/h9-10,12-16,18-19,27,38,49H,1-8,11,17,20-26,28-29H2,(H,50,58)(H,53,60)(H,51,57,61). The van der Waals surface area contributed by atoms with Crippen molar-refractivity contribution in [1.29, 1.82) is 0 Å². The van der Waals surface area contributed by atoms with Gasteiger partial charge in [0.2, 0.25) is 23.6 Å². The van der Waals surface area contributed by atoms with Crippen LogP contribution in [0.2, 0.25) is 0 Å². The van der Waals surface area contributed by atoms with Gasteiger partial charge in [-0.25, -0.2) is 9.49 Å². The molecule has 64 heavy (non-hydrogen) atoms. The number of carbonyl (C=O) groups excluding carboxylic acids is 7. The van der Waals surface area contributed by atoms with Crippen LogP contribution in [0.3, 0.4) is 0 Å². The molecule has 0 saturated carbocycles. The smallest absolute Gasteiger partial charge is 0.272 e. The fraction of sp³-hybridized carbons (Fsp3) is 0.426. The van der Waals surface area contributed by atoms with Crippen molar-refractivity contribution in [1.82, 2.24) is 35.5 Å². The van der Waals surface area contributed by atoms with Crippen LogP contribution in [0.5, 0.6) is 0 Å². The first-order chi connectivity index (χ1) is 31.0. The molecule has 3 aliphatic rings. The van der Waals surface area contributed by atoms with Gasteiger partial charge in [0.25, 0.3) is 23.3 Å². The second-order valence-electron chi connectivity index (χ2n) is 16.5. The molecule has 4 heterocycles. The van der Waals surface area contributed by atoms with Gasteiger partial charge in [0.05, 0.1) is 40.0 Å². The molecule has 1 atom stereocenters. The van der Waals surface area contributed by atoms with E-state index < -0.39 is 41.4 Å². The van der Waals surface area contributed by atoms with Crippen molar-refractivity contribution in [2.45, 2.75) is 89.5 Å². The van der Waals surface area contributed by atoms with Gasteiger partial charge in [-0.05, 0) is 61.7 Å². The van der Waals surface area contributed by atoms with Gasteiger partial charge < -0.3 is 20.4 Å². The molecule has 3 aliphatic heterocycles. The number of piperazine rings is 1. The van der Waals surface area contributed by atoms with E-state index in [1.54, 1.807) is 40.1 Å². The highest BCUT2D eigenvalue weighted by Gasteiger charge is 2.45. The van der Waals surface area contributed by atoms with Crippen molar-refractivity contribution in [3.63, 3.8) is 0 Å². The van der Waals surface area contributed by atoms with Crippen molar-refractivity contribution < 1.29 is 38.0 Å². The zero-order chi connectivity index (χ0) is 45.2. The number of nitrogens with zero attached hydrogens (tertiary/aromatic N) is 4. The van der Waals surface area contributed by atoms with Gasteiger partial charge in [-0.3, -0.25) is 48.6 Å². The number of H-pyrrole nitrogens is 1. The maximum atomic E-state index is 14.9. The number of aromatic amines is 1. The number of hydrogen-bond acceptors (Lipinski definition) is 10. The topological polar surface area (TPSA) is 211 Å². The Morgan fingerprint density at radius 1 is 0.766 bits per heavy atom. The molecule has 1 unspecified atom stereocenters. The van der Waals surface area contributed by atoms with Gasteiger partial charge in [0.15, 0.2) is 0 Å². The first-order valence-electron chi connectivity index (χ1n) is 22.2. The van der Waals surface area contributed by atoms with Gasteiger partial charge in [-0.2, -0.15) is 5.10 Å². The zero-order valence-corrected chi connectivity index (χ0v) is 35.7. The third kappa shape index (κ3) is 10.8. The number of aromatic nitrogens is 2. The molecule has 2 fully saturated rings. The lowest BCUT2D eigenvalue weighted by molar-refractivity contribution is -0.136. The predicted molar refractivity (Wildman–Crippen MR) is 235 cm³/mol. The summed E-state index contributed by atoms with van der Waals surface area (Å²) in [7, 11) is 0. The average Bonchev–Trinajstić information content (AvgIpc) is 3.55. The minimum absolute atomic E-state index is 0.0193. The van der Waals surface area contributed by atoms with Gasteiger partial charge in [-0.15, -0.1) is 0 Å². The summed E-state index contributed by atoms with van der Waals surface area (Å²) in [4.78, 5) is 106. The van der Waals surface area contributed by atoms with Gasteiger partial charge in [0.1, 0.15) is 11.9 Å². The minimum atomic E-state index is -1.09. The van der Waals surface area contributed by atoms with Crippen molar-refractivity contribution in [2.75, 3.05) is 44.6 Å². The van der Waals surface area contributed by atoms with Crippen molar-refractivity contribution >= 4 is 57.8 Å². The van der Waals surface area contributed by atoms with Crippen LogP contribution in [0, 0.1) is 5.82 Å². The monoisotopic (exact) mass is 876 g/mol. The second-order valence-corrected chi connectivity index (χ2v) is 16.5. The second kappa shape index (κ2) is 21.2. The Labute approximate surface area is 369 Å². The summed E-state index contributed by atoms with van der Waals surface area (Å²) in [6.07, 6.45) is 9.91. The van der Waals surface area contributed by atoms with E-state index in [-0.39, 0.29) is 59.1 Å². The Bertz CT molecular complexity index is 2500. The Morgan fingerprint density at radius 3 is 2.19 bits per heavy atom. The van der Waals surface area contributed by atoms with Crippen LogP contribution >= 0.6 is 0 Å². The average molecular weight is 877 g/mol. The number of piperidine rings is 1. The quantitative estimate of drug-likeness (QED) is 0.0767. The van der Waals surface area contributed by atoms with Gasteiger partial charge in [0, 0.05) is 50.8 Å². The highest BCUT2D eigenvalue weighted by molar-refractivity contribution is 6.26. The number of unbranched alkanes of at least 4 members (excludes halogenated alkanes) is 8. The molecule has 3 aromatic carbocycles. The largest absolute Gasteiger partial charge is 0.339 e. The number of halogens is 1. The molecular weight excluding hydrogens is 824 g/mol. The number of anilines is 1. The summed E-state index contributed by atoms with van der Waals surface area (Å²) in [6.45, 7) is 2.11. The van der Waals surface area contributed by atoms with Crippen LogP contribution in [-0.2, 0) is 25.6 Å². The van der Waals surface area contributed by atoms with Crippen LogP contribution in [0.1, 0.15) is 119 Å². The lowest BCUT2D eigenvalue weighted by Crippen LogP contribution is -2.54. The fourth-order valence-corrected chi connectivity index (χ4v) is 8.61. The van der Waals surface area contributed by atoms with Crippen LogP contribution in [0.25, 0.3) is 10.8 Å². The number of imide groups is 2. The summed E-state index contributed by atoms with van der Waals surface area (Å²) in [5, 5.41) is 15.9. The number of benzene rings is 3. The van der Waals surface area contributed by atoms with E-state index in [0.29, 0.717) is 67.6 Å². The molecule has 0 spiro atoms. The van der Waals surface area contributed by atoms with Crippen LogP contribution in [-0.4, -0.2) is 112 Å². The van der Waals surface area contributed by atoms with E-state index in [2.05, 4.69) is 26.1 Å². The lowest BCUT2D eigenvalue weighted by atomic mass is 10.0. The van der Waals surface area contributed by atoms with Gasteiger partial charge in [-0.1, -0.05) is 75.3 Å². The summed E-state index contributed by atoms with van der Waals surface area (Å²) in [5.41, 5.74) is 1.32.